The monoisotopic (exact) mass is 254 g/mol. The molecule has 1 aliphatic heterocycles. The van der Waals surface area contributed by atoms with E-state index in [1.165, 1.54) is 17.7 Å². The Morgan fingerprint density at radius 2 is 2.16 bits per heavy atom. The average molecular weight is 254 g/mol. The summed E-state index contributed by atoms with van der Waals surface area (Å²) in [6.07, 6.45) is 5.11. The van der Waals surface area contributed by atoms with Gasteiger partial charge in [-0.25, -0.2) is 0 Å². The molecule has 1 atom stereocenters. The van der Waals surface area contributed by atoms with Gasteiger partial charge in [0.1, 0.15) is 6.10 Å². The first kappa shape index (κ1) is 12.2. The van der Waals surface area contributed by atoms with Crippen LogP contribution in [0.4, 0.5) is 5.69 Å². The highest BCUT2D eigenvalue weighted by atomic mass is 16.3. The quantitative estimate of drug-likeness (QED) is 0.894. The highest BCUT2D eigenvalue weighted by molar-refractivity contribution is 5.56. The lowest BCUT2D eigenvalue weighted by atomic mass is 9.95. The molecule has 0 saturated carbocycles. The van der Waals surface area contributed by atoms with Crippen LogP contribution in [0.3, 0.4) is 0 Å². The second kappa shape index (κ2) is 5.02. The molecule has 1 aliphatic rings. The third-order valence-corrected chi connectivity index (χ3v) is 3.77. The summed E-state index contributed by atoms with van der Waals surface area (Å²) in [5.41, 5.74) is 4.40. The molecular formula is C16H18N2O. The summed E-state index contributed by atoms with van der Waals surface area (Å²) in [6, 6.07) is 10.0. The van der Waals surface area contributed by atoms with E-state index >= 15 is 0 Å². The first-order valence-electron chi connectivity index (χ1n) is 6.67. The zero-order chi connectivity index (χ0) is 13.2. The van der Waals surface area contributed by atoms with Gasteiger partial charge < -0.3 is 10.0 Å². The minimum absolute atomic E-state index is 0.591. The molecule has 0 spiro atoms. The number of hydrogen-bond donors (Lipinski definition) is 1. The molecule has 1 unspecified atom stereocenters. The SMILES string of the molecule is CN1CCCc2cc(C(O)c3cccnc3)ccc21. The van der Waals surface area contributed by atoms with Gasteiger partial charge in [0.15, 0.2) is 0 Å². The summed E-state index contributed by atoms with van der Waals surface area (Å²) < 4.78 is 0. The van der Waals surface area contributed by atoms with Crippen molar-refractivity contribution in [3.8, 4) is 0 Å². The number of nitrogens with zero attached hydrogens (tertiary/aromatic N) is 2. The molecule has 3 rings (SSSR count). The fourth-order valence-electron chi connectivity index (χ4n) is 2.71. The van der Waals surface area contributed by atoms with E-state index in [0.717, 1.165) is 24.1 Å². The van der Waals surface area contributed by atoms with E-state index in [9.17, 15) is 5.11 Å². The molecule has 1 N–H and O–H groups in total. The standard InChI is InChI=1S/C16H18N2O/c1-18-9-3-5-12-10-13(6-7-15(12)18)16(19)14-4-2-8-17-11-14/h2,4,6-8,10-11,16,19H,3,5,9H2,1H3. The molecule has 2 aromatic rings. The molecule has 0 saturated heterocycles. The van der Waals surface area contributed by atoms with Gasteiger partial charge in [0.2, 0.25) is 0 Å². The molecule has 1 aromatic heterocycles. The fourth-order valence-corrected chi connectivity index (χ4v) is 2.71. The molecule has 0 bridgehead atoms. The topological polar surface area (TPSA) is 36.4 Å². The van der Waals surface area contributed by atoms with Gasteiger partial charge in [-0.3, -0.25) is 4.98 Å². The summed E-state index contributed by atoms with van der Waals surface area (Å²) in [5, 5.41) is 10.4. The zero-order valence-electron chi connectivity index (χ0n) is 11.1. The summed E-state index contributed by atoms with van der Waals surface area (Å²) in [4.78, 5) is 6.34. The van der Waals surface area contributed by atoms with Crippen molar-refractivity contribution in [2.75, 3.05) is 18.5 Å². The summed E-state index contributed by atoms with van der Waals surface area (Å²) >= 11 is 0. The molecular weight excluding hydrogens is 236 g/mol. The molecule has 19 heavy (non-hydrogen) atoms. The van der Waals surface area contributed by atoms with Crippen LogP contribution in [0.25, 0.3) is 0 Å². The first-order chi connectivity index (χ1) is 9.25. The maximum atomic E-state index is 10.4. The number of aromatic nitrogens is 1. The van der Waals surface area contributed by atoms with Crippen molar-refractivity contribution in [3.05, 3.63) is 59.4 Å². The predicted octanol–water partition coefficient (Wildman–Crippen LogP) is 2.55. The van der Waals surface area contributed by atoms with E-state index in [1.54, 1.807) is 12.4 Å². The van der Waals surface area contributed by atoms with Crippen molar-refractivity contribution in [2.24, 2.45) is 0 Å². The van der Waals surface area contributed by atoms with Gasteiger partial charge >= 0.3 is 0 Å². The number of aliphatic hydroxyl groups excluding tert-OH is 1. The number of anilines is 1. The normalized spacial score (nSPS) is 16.0. The molecule has 0 aliphatic carbocycles. The lowest BCUT2D eigenvalue weighted by Crippen LogP contribution is -2.24. The summed E-state index contributed by atoms with van der Waals surface area (Å²) in [5.74, 6) is 0. The predicted molar refractivity (Wildman–Crippen MR) is 76.3 cm³/mol. The molecule has 0 radical (unpaired) electrons. The Labute approximate surface area is 113 Å². The van der Waals surface area contributed by atoms with Crippen molar-refractivity contribution in [2.45, 2.75) is 18.9 Å². The van der Waals surface area contributed by atoms with E-state index in [1.807, 2.05) is 18.2 Å². The maximum Gasteiger partial charge on any atom is 0.106 e. The van der Waals surface area contributed by atoms with Gasteiger partial charge in [0.25, 0.3) is 0 Å². The largest absolute Gasteiger partial charge is 0.384 e. The summed E-state index contributed by atoms with van der Waals surface area (Å²) in [7, 11) is 2.12. The molecule has 0 fully saturated rings. The van der Waals surface area contributed by atoms with Crippen LogP contribution in [-0.4, -0.2) is 23.7 Å². The zero-order valence-corrected chi connectivity index (χ0v) is 11.1. The van der Waals surface area contributed by atoms with E-state index in [-0.39, 0.29) is 0 Å². The number of fused-ring (bicyclic) bond motifs is 1. The van der Waals surface area contributed by atoms with Crippen LogP contribution in [0.5, 0.6) is 0 Å². The number of aliphatic hydroxyl groups is 1. The van der Waals surface area contributed by atoms with Gasteiger partial charge in [-0.1, -0.05) is 18.2 Å². The van der Waals surface area contributed by atoms with Gasteiger partial charge in [-0.15, -0.1) is 0 Å². The van der Waals surface area contributed by atoms with Gasteiger partial charge in [-0.05, 0) is 36.1 Å². The van der Waals surface area contributed by atoms with Crippen LogP contribution >= 0.6 is 0 Å². The molecule has 98 valence electrons. The van der Waals surface area contributed by atoms with Gasteiger partial charge in [0, 0.05) is 37.2 Å². The van der Waals surface area contributed by atoms with Crippen molar-refractivity contribution in [1.82, 2.24) is 4.98 Å². The Balaban J connectivity index is 1.94. The average Bonchev–Trinajstić information content (AvgIpc) is 2.47. The van der Waals surface area contributed by atoms with Crippen molar-refractivity contribution < 1.29 is 5.11 Å². The van der Waals surface area contributed by atoms with E-state index < -0.39 is 6.10 Å². The van der Waals surface area contributed by atoms with Crippen LogP contribution in [-0.2, 0) is 6.42 Å². The van der Waals surface area contributed by atoms with Gasteiger partial charge in [-0.2, -0.15) is 0 Å². The minimum Gasteiger partial charge on any atom is -0.384 e. The smallest absolute Gasteiger partial charge is 0.106 e. The number of rotatable bonds is 2. The fraction of sp³-hybridized carbons (Fsp3) is 0.312. The number of aryl methyl sites for hydroxylation is 1. The van der Waals surface area contributed by atoms with E-state index in [0.29, 0.717) is 0 Å². The summed E-state index contributed by atoms with van der Waals surface area (Å²) in [6.45, 7) is 1.11. The third kappa shape index (κ3) is 2.34. The van der Waals surface area contributed by atoms with Crippen LogP contribution < -0.4 is 4.90 Å². The van der Waals surface area contributed by atoms with Crippen molar-refractivity contribution >= 4 is 5.69 Å². The molecule has 0 amide bonds. The Morgan fingerprint density at radius 1 is 1.26 bits per heavy atom. The third-order valence-electron chi connectivity index (χ3n) is 3.77. The molecule has 3 nitrogen and oxygen atoms in total. The van der Waals surface area contributed by atoms with Crippen LogP contribution in [0.1, 0.15) is 29.2 Å². The van der Waals surface area contributed by atoms with Crippen LogP contribution in [0.2, 0.25) is 0 Å². The van der Waals surface area contributed by atoms with E-state index in [2.05, 4.69) is 29.1 Å². The second-order valence-corrected chi connectivity index (χ2v) is 5.10. The number of hydrogen-bond acceptors (Lipinski definition) is 3. The number of pyridine rings is 1. The number of benzene rings is 1. The lowest BCUT2D eigenvalue weighted by Gasteiger charge is -2.28. The Morgan fingerprint density at radius 3 is 2.95 bits per heavy atom. The molecule has 2 heterocycles. The van der Waals surface area contributed by atoms with Crippen molar-refractivity contribution in [3.63, 3.8) is 0 Å². The van der Waals surface area contributed by atoms with Crippen molar-refractivity contribution in [1.29, 1.82) is 0 Å². The first-order valence-corrected chi connectivity index (χ1v) is 6.67. The Kier molecular flexibility index (Phi) is 3.22. The highest BCUT2D eigenvalue weighted by Gasteiger charge is 2.17. The van der Waals surface area contributed by atoms with Gasteiger partial charge in [0.05, 0.1) is 0 Å². The Bertz CT molecular complexity index is 568. The minimum atomic E-state index is -0.591. The Hall–Kier alpha value is -1.87. The second-order valence-electron chi connectivity index (χ2n) is 5.10. The molecule has 3 heteroatoms. The maximum absolute atomic E-state index is 10.4. The van der Waals surface area contributed by atoms with Crippen LogP contribution in [0.15, 0.2) is 42.7 Å². The lowest BCUT2D eigenvalue weighted by molar-refractivity contribution is 0.220. The van der Waals surface area contributed by atoms with E-state index in [4.69, 9.17) is 0 Å². The highest BCUT2D eigenvalue weighted by Crippen LogP contribution is 2.30. The molecule has 1 aromatic carbocycles. The van der Waals surface area contributed by atoms with Crippen LogP contribution in [0, 0.1) is 0 Å².